The van der Waals surface area contributed by atoms with Crippen molar-refractivity contribution in [1.82, 2.24) is 5.32 Å². The summed E-state index contributed by atoms with van der Waals surface area (Å²) in [6, 6.07) is 8.36. The van der Waals surface area contributed by atoms with Crippen molar-refractivity contribution in [1.29, 1.82) is 0 Å². The number of ether oxygens (including phenoxy) is 1. The number of hydrogen-bond acceptors (Lipinski definition) is 4. The monoisotopic (exact) mass is 339 g/mol. The summed E-state index contributed by atoms with van der Waals surface area (Å²) in [5.74, 6) is 0.842. The van der Waals surface area contributed by atoms with Crippen LogP contribution in [0.5, 0.6) is 5.75 Å². The topological polar surface area (TPSA) is 38.3 Å². The number of amides is 1. The molecule has 1 N–H and O–H groups in total. The summed E-state index contributed by atoms with van der Waals surface area (Å²) in [4.78, 5) is 13.2. The van der Waals surface area contributed by atoms with Crippen LogP contribution >= 0.6 is 23.1 Å². The second-order valence-corrected chi connectivity index (χ2v) is 7.07. The van der Waals surface area contributed by atoms with Crippen LogP contribution in [0.15, 0.2) is 35.7 Å². The SMILES string of the molecule is COc1ccc(F)cc1CSC(C)C(=O)NCc1cccs1. The summed E-state index contributed by atoms with van der Waals surface area (Å²) in [5.41, 5.74) is 0.755. The fourth-order valence-electron chi connectivity index (χ4n) is 1.88. The minimum absolute atomic E-state index is 0.0197. The third-order valence-corrected chi connectivity index (χ3v) is 5.19. The molecule has 1 atom stereocenters. The fourth-order valence-corrected chi connectivity index (χ4v) is 3.42. The van der Waals surface area contributed by atoms with E-state index in [4.69, 9.17) is 4.74 Å². The number of carbonyl (C=O) groups is 1. The van der Waals surface area contributed by atoms with Crippen LogP contribution in [0.1, 0.15) is 17.4 Å². The van der Waals surface area contributed by atoms with E-state index in [0.717, 1.165) is 10.4 Å². The van der Waals surface area contributed by atoms with Crippen LogP contribution in [-0.4, -0.2) is 18.3 Å². The molecule has 1 aromatic carbocycles. The van der Waals surface area contributed by atoms with E-state index < -0.39 is 0 Å². The van der Waals surface area contributed by atoms with Gasteiger partial charge < -0.3 is 10.1 Å². The van der Waals surface area contributed by atoms with Crippen molar-refractivity contribution >= 4 is 29.0 Å². The molecule has 1 aromatic heterocycles. The second-order valence-electron chi connectivity index (χ2n) is 4.71. The van der Waals surface area contributed by atoms with Gasteiger partial charge in [0, 0.05) is 16.2 Å². The lowest BCUT2D eigenvalue weighted by Gasteiger charge is -2.13. The van der Waals surface area contributed by atoms with E-state index in [1.807, 2.05) is 24.4 Å². The van der Waals surface area contributed by atoms with Gasteiger partial charge in [0.05, 0.1) is 18.9 Å². The van der Waals surface area contributed by atoms with E-state index in [0.29, 0.717) is 18.0 Å². The number of nitrogens with one attached hydrogen (secondary N) is 1. The molecule has 1 amide bonds. The number of benzene rings is 1. The summed E-state index contributed by atoms with van der Waals surface area (Å²) in [6.45, 7) is 2.39. The molecule has 0 fully saturated rings. The molecule has 0 radical (unpaired) electrons. The highest BCUT2D eigenvalue weighted by molar-refractivity contribution is 7.99. The smallest absolute Gasteiger partial charge is 0.233 e. The van der Waals surface area contributed by atoms with Crippen molar-refractivity contribution in [3.8, 4) is 5.75 Å². The zero-order valence-electron chi connectivity index (χ0n) is 12.5. The van der Waals surface area contributed by atoms with Gasteiger partial charge in [0.1, 0.15) is 11.6 Å². The van der Waals surface area contributed by atoms with E-state index in [-0.39, 0.29) is 17.0 Å². The Bertz CT molecular complexity index is 617. The average molecular weight is 339 g/mol. The van der Waals surface area contributed by atoms with Gasteiger partial charge >= 0.3 is 0 Å². The summed E-state index contributed by atoms with van der Waals surface area (Å²) in [5, 5.41) is 4.67. The molecule has 118 valence electrons. The lowest BCUT2D eigenvalue weighted by molar-refractivity contribution is -0.120. The zero-order valence-corrected chi connectivity index (χ0v) is 14.1. The molecule has 0 saturated carbocycles. The molecule has 6 heteroatoms. The molecule has 0 bridgehead atoms. The van der Waals surface area contributed by atoms with Crippen molar-refractivity contribution < 1.29 is 13.9 Å². The number of halogens is 1. The summed E-state index contributed by atoms with van der Waals surface area (Å²) < 4.78 is 18.5. The number of thioether (sulfide) groups is 1. The maximum Gasteiger partial charge on any atom is 0.233 e. The summed E-state index contributed by atoms with van der Waals surface area (Å²) in [6.07, 6.45) is 0. The van der Waals surface area contributed by atoms with E-state index in [1.54, 1.807) is 24.5 Å². The average Bonchev–Trinajstić information content (AvgIpc) is 3.03. The van der Waals surface area contributed by atoms with Crippen LogP contribution in [0.25, 0.3) is 0 Å². The highest BCUT2D eigenvalue weighted by Gasteiger charge is 2.15. The maximum atomic E-state index is 13.3. The molecule has 0 aliphatic rings. The first-order valence-corrected chi connectivity index (χ1v) is 8.77. The molecule has 2 aromatic rings. The van der Waals surface area contributed by atoms with Crippen molar-refractivity contribution in [2.75, 3.05) is 7.11 Å². The van der Waals surface area contributed by atoms with Crippen molar-refractivity contribution in [2.24, 2.45) is 0 Å². The van der Waals surface area contributed by atoms with Gasteiger partial charge in [0.25, 0.3) is 0 Å². The largest absolute Gasteiger partial charge is 0.496 e. The predicted octanol–water partition coefficient (Wildman–Crippen LogP) is 3.83. The fraction of sp³-hybridized carbons (Fsp3) is 0.312. The molecular weight excluding hydrogens is 321 g/mol. The number of thiophene rings is 1. The highest BCUT2D eigenvalue weighted by atomic mass is 32.2. The molecule has 3 nitrogen and oxygen atoms in total. The van der Waals surface area contributed by atoms with Gasteiger partial charge in [-0.05, 0) is 36.6 Å². The van der Waals surface area contributed by atoms with Crippen molar-refractivity contribution in [2.45, 2.75) is 24.5 Å². The van der Waals surface area contributed by atoms with E-state index >= 15 is 0 Å². The Balaban J connectivity index is 1.85. The minimum atomic E-state index is -0.300. The first kappa shape index (κ1) is 16.8. The van der Waals surface area contributed by atoms with Crippen LogP contribution in [0.2, 0.25) is 0 Å². The van der Waals surface area contributed by atoms with E-state index in [9.17, 15) is 9.18 Å². The molecule has 0 spiro atoms. The van der Waals surface area contributed by atoms with Crippen LogP contribution in [0.4, 0.5) is 4.39 Å². The number of methoxy groups -OCH3 is 1. The molecule has 0 aliphatic carbocycles. The van der Waals surface area contributed by atoms with E-state index in [1.165, 1.54) is 23.9 Å². The van der Waals surface area contributed by atoms with Gasteiger partial charge in [-0.3, -0.25) is 4.79 Å². The number of hydrogen-bond donors (Lipinski definition) is 1. The zero-order chi connectivity index (χ0) is 15.9. The Kier molecular flexibility index (Phi) is 6.27. The normalized spacial score (nSPS) is 12.0. The molecule has 22 heavy (non-hydrogen) atoms. The van der Waals surface area contributed by atoms with Gasteiger partial charge in [-0.1, -0.05) is 6.07 Å². The minimum Gasteiger partial charge on any atom is -0.496 e. The van der Waals surface area contributed by atoms with Gasteiger partial charge in [0.15, 0.2) is 0 Å². The Morgan fingerprint density at radius 2 is 2.27 bits per heavy atom. The third-order valence-electron chi connectivity index (χ3n) is 3.12. The van der Waals surface area contributed by atoms with Crippen molar-refractivity contribution in [3.63, 3.8) is 0 Å². The molecule has 1 heterocycles. The first-order valence-electron chi connectivity index (χ1n) is 6.84. The third kappa shape index (κ3) is 4.74. The molecule has 2 rings (SSSR count). The summed E-state index contributed by atoms with van der Waals surface area (Å²) in [7, 11) is 1.55. The van der Waals surface area contributed by atoms with Crippen LogP contribution < -0.4 is 10.1 Å². The van der Waals surface area contributed by atoms with Gasteiger partial charge in [-0.2, -0.15) is 0 Å². The Morgan fingerprint density at radius 3 is 2.95 bits per heavy atom. The predicted molar refractivity (Wildman–Crippen MR) is 89.9 cm³/mol. The lowest BCUT2D eigenvalue weighted by atomic mass is 10.2. The quantitative estimate of drug-likeness (QED) is 0.833. The highest BCUT2D eigenvalue weighted by Crippen LogP contribution is 2.26. The Labute approximate surface area is 137 Å². The molecule has 0 saturated heterocycles. The molecule has 0 aliphatic heterocycles. The van der Waals surface area contributed by atoms with E-state index in [2.05, 4.69) is 5.32 Å². The lowest BCUT2D eigenvalue weighted by Crippen LogP contribution is -2.30. The van der Waals surface area contributed by atoms with Crippen LogP contribution in [0.3, 0.4) is 0 Å². The Morgan fingerprint density at radius 1 is 1.45 bits per heavy atom. The molecular formula is C16H18FNO2S2. The van der Waals surface area contributed by atoms with Crippen LogP contribution in [0, 0.1) is 5.82 Å². The Hall–Kier alpha value is -1.53. The maximum absolute atomic E-state index is 13.3. The number of carbonyl (C=O) groups excluding carboxylic acids is 1. The van der Waals surface area contributed by atoms with Crippen LogP contribution in [-0.2, 0) is 17.1 Å². The standard InChI is InChI=1S/C16H18FNO2S2/c1-11(16(19)18-9-14-4-3-7-21-14)22-10-12-8-13(17)5-6-15(12)20-2/h3-8,11H,9-10H2,1-2H3,(H,18,19). The van der Waals surface area contributed by atoms with Gasteiger partial charge in [-0.25, -0.2) is 4.39 Å². The van der Waals surface area contributed by atoms with Crippen molar-refractivity contribution in [3.05, 3.63) is 52.0 Å². The van der Waals surface area contributed by atoms with Gasteiger partial charge in [-0.15, -0.1) is 23.1 Å². The van der Waals surface area contributed by atoms with Gasteiger partial charge in [0.2, 0.25) is 5.91 Å². The first-order chi connectivity index (χ1) is 10.6. The second kappa shape index (κ2) is 8.19. The number of rotatable bonds is 7. The molecule has 1 unspecified atom stereocenters. The summed E-state index contributed by atoms with van der Waals surface area (Å²) >= 11 is 3.07.